The van der Waals surface area contributed by atoms with Gasteiger partial charge in [-0.15, -0.1) is 0 Å². The van der Waals surface area contributed by atoms with Crippen molar-refractivity contribution in [2.75, 3.05) is 32.8 Å². The minimum atomic E-state index is 1.04. The zero-order valence-corrected chi connectivity index (χ0v) is 15.7. The molecule has 2 aromatic rings. The van der Waals surface area contributed by atoms with Crippen LogP contribution in [0.1, 0.15) is 30.4 Å². The van der Waals surface area contributed by atoms with Crippen molar-refractivity contribution in [3.8, 4) is 0 Å². The summed E-state index contributed by atoms with van der Waals surface area (Å²) in [4.78, 5) is 5.12. The molecule has 0 aromatic heterocycles. The smallest absolute Gasteiger partial charge is 0.0506 e. The number of benzene rings is 2. The van der Waals surface area contributed by atoms with Crippen LogP contribution in [0, 0.1) is 0 Å². The van der Waals surface area contributed by atoms with Crippen LogP contribution in [-0.4, -0.2) is 42.6 Å². The fourth-order valence-electron chi connectivity index (χ4n) is 3.53. The van der Waals surface area contributed by atoms with E-state index in [1.807, 2.05) is 0 Å². The van der Waals surface area contributed by atoms with Crippen LogP contribution < -0.4 is 0 Å². The summed E-state index contributed by atoms with van der Waals surface area (Å²) in [6.45, 7) is 14.2. The molecule has 1 fully saturated rings. The van der Waals surface area contributed by atoms with Crippen LogP contribution >= 0.6 is 0 Å². The van der Waals surface area contributed by atoms with E-state index in [2.05, 4.69) is 83.6 Å². The highest BCUT2D eigenvalue weighted by Gasteiger charge is 2.17. The van der Waals surface area contributed by atoms with Gasteiger partial charge in [0.25, 0.3) is 0 Å². The molecule has 0 N–H and O–H groups in total. The molecule has 2 aromatic carbocycles. The van der Waals surface area contributed by atoms with Gasteiger partial charge in [0, 0.05) is 26.2 Å². The second-order valence-corrected chi connectivity index (χ2v) is 7.17. The van der Waals surface area contributed by atoms with E-state index in [0.717, 1.165) is 32.6 Å². The number of hydrogen-bond donors (Lipinski definition) is 0. The first kappa shape index (κ1) is 18.6. The van der Waals surface area contributed by atoms with Crippen LogP contribution in [0.15, 0.2) is 73.8 Å². The molecule has 1 aliphatic rings. The highest BCUT2D eigenvalue weighted by Crippen LogP contribution is 2.19. The maximum Gasteiger partial charge on any atom is 0.0506 e. The fourth-order valence-corrected chi connectivity index (χ4v) is 3.53. The maximum absolute atomic E-state index is 4.27. The first-order valence-corrected chi connectivity index (χ1v) is 9.63. The Morgan fingerprint density at radius 3 is 1.54 bits per heavy atom. The van der Waals surface area contributed by atoms with Crippen LogP contribution in [0.25, 0.3) is 11.1 Å². The van der Waals surface area contributed by atoms with E-state index in [1.165, 1.54) is 41.8 Å². The van der Waals surface area contributed by atoms with Gasteiger partial charge in [-0.25, -0.2) is 0 Å². The van der Waals surface area contributed by atoms with Crippen molar-refractivity contribution in [2.45, 2.75) is 19.3 Å². The molecule has 0 saturated carbocycles. The van der Waals surface area contributed by atoms with Gasteiger partial charge in [-0.2, -0.15) is 0 Å². The van der Waals surface area contributed by atoms with E-state index in [9.17, 15) is 0 Å². The molecule has 0 unspecified atom stereocenters. The van der Waals surface area contributed by atoms with Gasteiger partial charge >= 0.3 is 0 Å². The third kappa shape index (κ3) is 5.42. The molecule has 0 amide bonds. The lowest BCUT2D eigenvalue weighted by Gasteiger charge is -2.36. The van der Waals surface area contributed by atoms with E-state index < -0.39 is 0 Å². The second-order valence-electron chi connectivity index (χ2n) is 7.17. The minimum absolute atomic E-state index is 1.04. The zero-order valence-electron chi connectivity index (χ0n) is 15.7. The first-order chi connectivity index (χ1) is 12.7. The molecule has 1 heterocycles. The quantitative estimate of drug-likeness (QED) is 0.651. The Balaban J connectivity index is 1.42. The Bertz CT molecular complexity index is 644. The zero-order chi connectivity index (χ0) is 18.2. The van der Waals surface area contributed by atoms with Crippen molar-refractivity contribution in [3.63, 3.8) is 0 Å². The molecule has 26 heavy (non-hydrogen) atoms. The van der Waals surface area contributed by atoms with E-state index in [1.54, 1.807) is 0 Å². The Morgan fingerprint density at radius 2 is 1.12 bits per heavy atom. The van der Waals surface area contributed by atoms with Gasteiger partial charge in [0.2, 0.25) is 0 Å². The second kappa shape index (κ2) is 9.51. The fraction of sp³-hybridized carbons (Fsp3) is 0.333. The Labute approximate surface area is 158 Å². The molecule has 2 heteroatoms. The number of hydrogen-bond acceptors (Lipinski definition) is 2. The van der Waals surface area contributed by atoms with Crippen LogP contribution in [0.3, 0.4) is 0 Å². The molecule has 0 radical (unpaired) electrons. The van der Waals surface area contributed by atoms with E-state index in [0.29, 0.717) is 0 Å². The third-order valence-corrected chi connectivity index (χ3v) is 5.17. The Kier molecular flexibility index (Phi) is 6.82. The van der Waals surface area contributed by atoms with Gasteiger partial charge in [-0.1, -0.05) is 73.8 Å². The summed E-state index contributed by atoms with van der Waals surface area (Å²) in [6.07, 6.45) is 3.32. The monoisotopic (exact) mass is 346 g/mol. The highest BCUT2D eigenvalue weighted by molar-refractivity contribution is 5.63. The molecule has 1 aliphatic heterocycles. The molecule has 136 valence electrons. The average molecular weight is 347 g/mol. The van der Waals surface area contributed by atoms with Crippen LogP contribution in [0.5, 0.6) is 0 Å². The molecule has 2 nitrogen and oxygen atoms in total. The predicted molar refractivity (Wildman–Crippen MR) is 113 cm³/mol. The third-order valence-electron chi connectivity index (χ3n) is 5.17. The van der Waals surface area contributed by atoms with Gasteiger partial charge < -0.3 is 0 Å². The largest absolute Gasteiger partial charge is 0.290 e. The van der Waals surface area contributed by atoms with Gasteiger partial charge in [0.15, 0.2) is 0 Å². The van der Waals surface area contributed by atoms with E-state index >= 15 is 0 Å². The lowest BCUT2D eigenvalue weighted by Crippen LogP contribution is -2.45. The molecule has 3 rings (SSSR count). The Morgan fingerprint density at radius 1 is 0.692 bits per heavy atom. The molecule has 0 spiro atoms. The van der Waals surface area contributed by atoms with Gasteiger partial charge in [-0.05, 0) is 41.5 Å². The minimum Gasteiger partial charge on any atom is -0.290 e. The number of nitrogens with zero attached hydrogens (tertiary/aromatic N) is 2. The lowest BCUT2D eigenvalue weighted by molar-refractivity contribution is 0.0899. The Hall–Kier alpha value is -2.16. The van der Waals surface area contributed by atoms with Crippen LogP contribution in [-0.2, 0) is 0 Å². The van der Waals surface area contributed by atoms with Crippen molar-refractivity contribution in [2.24, 2.45) is 0 Å². The lowest BCUT2D eigenvalue weighted by atomic mass is 10.0. The average Bonchev–Trinajstić information content (AvgIpc) is 2.72. The SMILES string of the molecule is C=C(CCN1CCCN(CCC(=C)c2ccccc2)C1)c1ccccc1. The van der Waals surface area contributed by atoms with Crippen molar-refractivity contribution >= 4 is 11.1 Å². The van der Waals surface area contributed by atoms with Crippen molar-refractivity contribution in [1.29, 1.82) is 0 Å². The van der Waals surface area contributed by atoms with Crippen LogP contribution in [0.2, 0.25) is 0 Å². The van der Waals surface area contributed by atoms with Gasteiger partial charge in [0.1, 0.15) is 0 Å². The molecule has 0 bridgehead atoms. The maximum atomic E-state index is 4.27. The molecule has 0 aliphatic carbocycles. The normalized spacial score (nSPS) is 15.7. The summed E-state index contributed by atoms with van der Waals surface area (Å²) in [7, 11) is 0. The summed E-state index contributed by atoms with van der Waals surface area (Å²) in [5.41, 5.74) is 5.00. The van der Waals surface area contributed by atoms with Crippen molar-refractivity contribution < 1.29 is 0 Å². The summed E-state index contributed by atoms with van der Waals surface area (Å²) in [6, 6.07) is 21.1. The van der Waals surface area contributed by atoms with E-state index in [4.69, 9.17) is 0 Å². The standard InChI is InChI=1S/C24H30N2/c1-21(23-10-5-3-6-11-23)14-18-25-16-9-17-26(20-25)19-15-22(2)24-12-7-4-8-13-24/h3-8,10-13H,1-2,9,14-20H2. The molecule has 1 saturated heterocycles. The van der Waals surface area contributed by atoms with Crippen molar-refractivity contribution in [3.05, 3.63) is 84.9 Å². The van der Waals surface area contributed by atoms with Crippen LogP contribution in [0.4, 0.5) is 0 Å². The summed E-state index contributed by atoms with van der Waals surface area (Å²) >= 11 is 0. The summed E-state index contributed by atoms with van der Waals surface area (Å²) < 4.78 is 0. The van der Waals surface area contributed by atoms with Gasteiger partial charge in [-0.3, -0.25) is 9.80 Å². The molecular weight excluding hydrogens is 316 g/mol. The van der Waals surface area contributed by atoms with Crippen molar-refractivity contribution in [1.82, 2.24) is 9.80 Å². The predicted octanol–water partition coefficient (Wildman–Crippen LogP) is 5.16. The molecule has 0 atom stereocenters. The number of rotatable bonds is 8. The molecular formula is C24H30N2. The first-order valence-electron chi connectivity index (χ1n) is 9.63. The summed E-state index contributed by atoms with van der Waals surface area (Å²) in [5, 5.41) is 0. The highest BCUT2D eigenvalue weighted by atomic mass is 15.3. The van der Waals surface area contributed by atoms with Gasteiger partial charge in [0.05, 0.1) is 6.67 Å². The van der Waals surface area contributed by atoms with E-state index in [-0.39, 0.29) is 0 Å². The summed E-state index contributed by atoms with van der Waals surface area (Å²) in [5.74, 6) is 0. The topological polar surface area (TPSA) is 6.48 Å².